The van der Waals surface area contributed by atoms with Crippen LogP contribution >= 0.6 is 11.3 Å². The first kappa shape index (κ1) is 13.9. The third kappa shape index (κ3) is 2.90. The summed E-state index contributed by atoms with van der Waals surface area (Å²) in [6, 6.07) is 3.80. The highest BCUT2D eigenvalue weighted by atomic mass is 32.1. The van der Waals surface area contributed by atoms with Crippen molar-refractivity contribution in [3.05, 3.63) is 45.0 Å². The summed E-state index contributed by atoms with van der Waals surface area (Å²) in [6.07, 6.45) is 0. The Kier molecular flexibility index (Phi) is 3.91. The normalized spacial score (nSPS) is 10.1. The number of anilines is 2. The van der Waals surface area contributed by atoms with E-state index < -0.39 is 10.8 Å². The average molecular weight is 293 g/mol. The van der Waals surface area contributed by atoms with Crippen LogP contribution in [0.2, 0.25) is 0 Å². The molecule has 1 amide bonds. The van der Waals surface area contributed by atoms with E-state index in [-0.39, 0.29) is 11.3 Å². The van der Waals surface area contributed by atoms with Gasteiger partial charge in [-0.05, 0) is 13.0 Å². The third-order valence-electron chi connectivity index (χ3n) is 2.45. The van der Waals surface area contributed by atoms with Crippen LogP contribution in [0.3, 0.4) is 0 Å². The van der Waals surface area contributed by atoms with Crippen molar-refractivity contribution in [3.63, 3.8) is 0 Å². The first-order valence-electron chi connectivity index (χ1n) is 5.50. The highest BCUT2D eigenvalue weighted by Crippen LogP contribution is 2.23. The van der Waals surface area contributed by atoms with Crippen molar-refractivity contribution in [2.24, 2.45) is 5.84 Å². The molecule has 0 fully saturated rings. The van der Waals surface area contributed by atoms with Crippen molar-refractivity contribution in [2.75, 3.05) is 10.7 Å². The van der Waals surface area contributed by atoms with Gasteiger partial charge in [-0.1, -0.05) is 0 Å². The highest BCUT2D eigenvalue weighted by molar-refractivity contribution is 7.13. The second-order valence-corrected chi connectivity index (χ2v) is 4.74. The van der Waals surface area contributed by atoms with E-state index >= 15 is 0 Å². The van der Waals surface area contributed by atoms with E-state index in [1.165, 1.54) is 23.5 Å². The number of thiazole rings is 1. The molecule has 1 heterocycles. The van der Waals surface area contributed by atoms with E-state index in [2.05, 4.69) is 15.7 Å². The minimum atomic E-state index is -0.579. The number of nitrogens with one attached hydrogen (secondary N) is 2. The van der Waals surface area contributed by atoms with Gasteiger partial charge in [0, 0.05) is 17.5 Å². The molecule has 0 aliphatic heterocycles. The summed E-state index contributed by atoms with van der Waals surface area (Å²) < 4.78 is 0. The van der Waals surface area contributed by atoms with Crippen LogP contribution < -0.4 is 16.6 Å². The standard InChI is InChI=1S/C11H11N5O3S/c1-6-5-20-11(13-6)14-10(17)8-4-7(16(18)19)2-3-9(8)15-12/h2-5,15H,12H2,1H3,(H,13,14,17). The van der Waals surface area contributed by atoms with Crippen molar-refractivity contribution in [2.45, 2.75) is 6.92 Å². The number of hydrogen-bond donors (Lipinski definition) is 3. The minimum Gasteiger partial charge on any atom is -0.323 e. The maximum atomic E-state index is 12.1. The van der Waals surface area contributed by atoms with Crippen LogP contribution in [0.1, 0.15) is 16.1 Å². The number of aromatic nitrogens is 1. The molecule has 9 heteroatoms. The maximum Gasteiger partial charge on any atom is 0.270 e. The van der Waals surface area contributed by atoms with E-state index in [1.54, 1.807) is 12.3 Å². The van der Waals surface area contributed by atoms with E-state index in [0.29, 0.717) is 10.8 Å². The quantitative estimate of drug-likeness (QED) is 0.449. The van der Waals surface area contributed by atoms with Gasteiger partial charge in [0.2, 0.25) is 0 Å². The zero-order chi connectivity index (χ0) is 14.7. The molecule has 0 spiro atoms. The van der Waals surface area contributed by atoms with Crippen molar-refractivity contribution in [3.8, 4) is 0 Å². The monoisotopic (exact) mass is 293 g/mol. The van der Waals surface area contributed by atoms with Crippen LogP contribution in [0.25, 0.3) is 0 Å². The Morgan fingerprint density at radius 1 is 1.50 bits per heavy atom. The first-order chi connectivity index (χ1) is 9.51. The van der Waals surface area contributed by atoms with Crippen LogP contribution in [0.5, 0.6) is 0 Å². The molecule has 104 valence electrons. The molecule has 4 N–H and O–H groups in total. The molecule has 1 aromatic heterocycles. The highest BCUT2D eigenvalue weighted by Gasteiger charge is 2.17. The molecule has 0 saturated carbocycles. The number of nitrogens with zero attached hydrogens (tertiary/aromatic N) is 2. The van der Waals surface area contributed by atoms with Gasteiger partial charge < -0.3 is 5.43 Å². The Hall–Kier alpha value is -2.52. The second-order valence-electron chi connectivity index (χ2n) is 3.88. The Bertz CT molecular complexity index is 670. The minimum absolute atomic E-state index is 0.0783. The zero-order valence-electron chi connectivity index (χ0n) is 10.4. The number of hydrogen-bond acceptors (Lipinski definition) is 7. The van der Waals surface area contributed by atoms with Gasteiger partial charge in [0.25, 0.3) is 11.6 Å². The van der Waals surface area contributed by atoms with E-state index in [0.717, 1.165) is 11.8 Å². The number of carbonyl (C=O) groups excluding carboxylic acids is 1. The Labute approximate surface area is 117 Å². The molecule has 1 aromatic carbocycles. The van der Waals surface area contributed by atoms with E-state index in [9.17, 15) is 14.9 Å². The number of hydrazine groups is 1. The predicted octanol–water partition coefficient (Wildman–Crippen LogP) is 1.90. The lowest BCUT2D eigenvalue weighted by Gasteiger charge is -2.07. The van der Waals surface area contributed by atoms with Gasteiger partial charge in [0.15, 0.2) is 5.13 Å². The topological polar surface area (TPSA) is 123 Å². The smallest absolute Gasteiger partial charge is 0.270 e. The number of amides is 1. The van der Waals surface area contributed by atoms with Crippen molar-refractivity contribution >= 4 is 33.8 Å². The number of benzene rings is 1. The summed E-state index contributed by atoms with van der Waals surface area (Å²) in [5.74, 6) is 4.78. The summed E-state index contributed by atoms with van der Waals surface area (Å²) in [5, 5.41) is 15.5. The third-order valence-corrected chi connectivity index (χ3v) is 3.33. The van der Waals surface area contributed by atoms with E-state index in [1.807, 2.05) is 0 Å². The molecule has 0 unspecified atom stereocenters. The Morgan fingerprint density at radius 2 is 2.25 bits per heavy atom. The summed E-state index contributed by atoms with van der Waals surface area (Å²) in [7, 11) is 0. The van der Waals surface area contributed by atoms with Crippen LogP contribution in [0.15, 0.2) is 23.6 Å². The van der Waals surface area contributed by atoms with Crippen LogP contribution in [0, 0.1) is 17.0 Å². The fraction of sp³-hybridized carbons (Fsp3) is 0.0909. The lowest BCUT2D eigenvalue weighted by Crippen LogP contribution is -2.17. The summed E-state index contributed by atoms with van der Waals surface area (Å²) in [5.41, 5.74) is 3.29. The van der Waals surface area contributed by atoms with Gasteiger partial charge in [0.1, 0.15) is 0 Å². The Balaban J connectivity index is 2.32. The molecule has 0 aliphatic carbocycles. The molecule has 20 heavy (non-hydrogen) atoms. The molecule has 0 radical (unpaired) electrons. The maximum absolute atomic E-state index is 12.1. The average Bonchev–Trinajstić information content (AvgIpc) is 2.83. The van der Waals surface area contributed by atoms with Crippen molar-refractivity contribution in [1.82, 2.24) is 4.98 Å². The fourth-order valence-corrected chi connectivity index (χ4v) is 2.22. The lowest BCUT2D eigenvalue weighted by molar-refractivity contribution is -0.384. The van der Waals surface area contributed by atoms with Crippen molar-refractivity contribution < 1.29 is 9.72 Å². The summed E-state index contributed by atoms with van der Waals surface area (Å²) in [6.45, 7) is 1.80. The van der Waals surface area contributed by atoms with Crippen LogP contribution in [0.4, 0.5) is 16.5 Å². The molecule has 2 aromatic rings. The number of aryl methyl sites for hydroxylation is 1. The SMILES string of the molecule is Cc1csc(NC(=O)c2cc([N+](=O)[O-])ccc2NN)n1. The molecule has 2 rings (SSSR count). The molecule has 0 saturated heterocycles. The second kappa shape index (κ2) is 5.63. The molecule has 0 aliphatic rings. The van der Waals surface area contributed by atoms with E-state index in [4.69, 9.17) is 5.84 Å². The summed E-state index contributed by atoms with van der Waals surface area (Å²) >= 11 is 1.27. The molecule has 0 bridgehead atoms. The predicted molar refractivity (Wildman–Crippen MR) is 75.7 cm³/mol. The number of non-ortho nitro benzene ring substituents is 1. The van der Waals surface area contributed by atoms with Crippen LogP contribution in [-0.2, 0) is 0 Å². The number of nitrogen functional groups attached to an aromatic ring is 1. The molecular formula is C11H11N5O3S. The van der Waals surface area contributed by atoms with Gasteiger partial charge in [-0.25, -0.2) is 4.98 Å². The zero-order valence-corrected chi connectivity index (χ0v) is 11.2. The number of nitro groups is 1. The van der Waals surface area contributed by atoms with Gasteiger partial charge in [-0.3, -0.25) is 26.1 Å². The molecule has 8 nitrogen and oxygen atoms in total. The van der Waals surface area contributed by atoms with Gasteiger partial charge >= 0.3 is 0 Å². The molecular weight excluding hydrogens is 282 g/mol. The van der Waals surface area contributed by atoms with Gasteiger partial charge in [0.05, 0.1) is 21.9 Å². The Morgan fingerprint density at radius 3 is 2.80 bits per heavy atom. The number of nitro benzene ring substituents is 1. The van der Waals surface area contributed by atoms with Gasteiger partial charge in [-0.2, -0.15) is 0 Å². The largest absolute Gasteiger partial charge is 0.323 e. The molecule has 0 atom stereocenters. The summed E-state index contributed by atoms with van der Waals surface area (Å²) in [4.78, 5) is 26.4. The first-order valence-corrected chi connectivity index (χ1v) is 6.37. The fourth-order valence-electron chi connectivity index (χ4n) is 1.54. The number of nitrogens with two attached hydrogens (primary N) is 1. The van der Waals surface area contributed by atoms with Gasteiger partial charge in [-0.15, -0.1) is 11.3 Å². The van der Waals surface area contributed by atoms with Crippen molar-refractivity contribution in [1.29, 1.82) is 0 Å². The number of carbonyl (C=O) groups is 1. The lowest BCUT2D eigenvalue weighted by atomic mass is 10.1. The number of rotatable bonds is 4. The van der Waals surface area contributed by atoms with Crippen LogP contribution in [-0.4, -0.2) is 15.8 Å².